The number of rotatable bonds is 8. The van der Waals surface area contributed by atoms with Gasteiger partial charge in [0.25, 0.3) is 0 Å². The summed E-state index contributed by atoms with van der Waals surface area (Å²) in [6.07, 6.45) is 5.22. The van der Waals surface area contributed by atoms with Crippen LogP contribution in [0, 0.1) is 0 Å². The predicted octanol–water partition coefficient (Wildman–Crippen LogP) is 4.71. The Kier molecular flexibility index (Phi) is 6.74. The van der Waals surface area contributed by atoms with Gasteiger partial charge in [-0.15, -0.1) is 11.3 Å². The van der Waals surface area contributed by atoms with Gasteiger partial charge in [-0.2, -0.15) is 0 Å². The van der Waals surface area contributed by atoms with E-state index in [2.05, 4.69) is 43.2 Å². The lowest BCUT2D eigenvalue weighted by Gasteiger charge is -2.28. The summed E-state index contributed by atoms with van der Waals surface area (Å²) in [6.45, 7) is 9.38. The lowest BCUT2D eigenvalue weighted by atomic mass is 10.2. The minimum absolute atomic E-state index is 0.595. The van der Waals surface area contributed by atoms with E-state index in [0.717, 1.165) is 0 Å². The van der Waals surface area contributed by atoms with E-state index in [9.17, 15) is 0 Å². The van der Waals surface area contributed by atoms with Crippen LogP contribution in [0.1, 0.15) is 57.4 Å². The molecule has 1 unspecified atom stereocenters. The summed E-state index contributed by atoms with van der Waals surface area (Å²) >= 11 is 1.88. The zero-order valence-electron chi connectivity index (χ0n) is 10.9. The Bertz CT molecular complexity index is 248. The van der Waals surface area contributed by atoms with Crippen LogP contribution in [0.25, 0.3) is 0 Å². The van der Waals surface area contributed by atoms with Gasteiger partial charge in [-0.05, 0) is 44.3 Å². The number of unbranched alkanes of at least 4 members (excludes halogenated alkanes) is 2. The van der Waals surface area contributed by atoms with Gasteiger partial charge < -0.3 is 0 Å². The highest BCUT2D eigenvalue weighted by Gasteiger charge is 2.15. The number of thiophene rings is 1. The second-order valence-corrected chi connectivity index (χ2v) is 5.41. The zero-order chi connectivity index (χ0) is 11.8. The van der Waals surface area contributed by atoms with Gasteiger partial charge in [-0.25, -0.2) is 0 Å². The SMILES string of the molecule is CCCCN(CCCC)C(C)c1cccs1. The van der Waals surface area contributed by atoms with E-state index in [-0.39, 0.29) is 0 Å². The van der Waals surface area contributed by atoms with Gasteiger partial charge >= 0.3 is 0 Å². The molecule has 92 valence electrons. The molecule has 0 spiro atoms. The van der Waals surface area contributed by atoms with Crippen LogP contribution >= 0.6 is 11.3 Å². The molecule has 0 bridgehead atoms. The summed E-state index contributed by atoms with van der Waals surface area (Å²) in [5.41, 5.74) is 0. The summed E-state index contributed by atoms with van der Waals surface area (Å²) in [7, 11) is 0. The van der Waals surface area contributed by atoms with Gasteiger partial charge in [0, 0.05) is 10.9 Å². The minimum atomic E-state index is 0.595. The lowest BCUT2D eigenvalue weighted by molar-refractivity contribution is 0.207. The van der Waals surface area contributed by atoms with Crippen molar-refractivity contribution >= 4 is 11.3 Å². The van der Waals surface area contributed by atoms with Crippen molar-refractivity contribution in [3.05, 3.63) is 22.4 Å². The first-order chi connectivity index (χ1) is 7.79. The van der Waals surface area contributed by atoms with E-state index >= 15 is 0 Å². The Morgan fingerprint density at radius 2 is 1.81 bits per heavy atom. The van der Waals surface area contributed by atoms with Crippen LogP contribution < -0.4 is 0 Å². The molecule has 1 atom stereocenters. The predicted molar refractivity (Wildman–Crippen MR) is 74.1 cm³/mol. The fraction of sp³-hybridized carbons (Fsp3) is 0.714. The van der Waals surface area contributed by atoms with Crippen LogP contribution in [0.4, 0.5) is 0 Å². The van der Waals surface area contributed by atoms with E-state index in [1.54, 1.807) is 0 Å². The summed E-state index contributed by atoms with van der Waals surface area (Å²) < 4.78 is 0. The molecule has 16 heavy (non-hydrogen) atoms. The average Bonchev–Trinajstić information content (AvgIpc) is 2.82. The van der Waals surface area contributed by atoms with Crippen molar-refractivity contribution in [2.45, 2.75) is 52.5 Å². The molecule has 0 saturated heterocycles. The molecule has 0 amide bonds. The van der Waals surface area contributed by atoms with Gasteiger partial charge in [0.05, 0.1) is 0 Å². The van der Waals surface area contributed by atoms with E-state index in [1.807, 2.05) is 11.3 Å². The van der Waals surface area contributed by atoms with Crippen molar-refractivity contribution in [3.63, 3.8) is 0 Å². The van der Waals surface area contributed by atoms with Gasteiger partial charge in [0.15, 0.2) is 0 Å². The second kappa shape index (κ2) is 7.86. The Labute approximate surface area is 104 Å². The monoisotopic (exact) mass is 239 g/mol. The maximum atomic E-state index is 2.64. The second-order valence-electron chi connectivity index (χ2n) is 4.43. The summed E-state index contributed by atoms with van der Waals surface area (Å²) in [4.78, 5) is 4.14. The van der Waals surface area contributed by atoms with Crippen molar-refractivity contribution in [3.8, 4) is 0 Å². The topological polar surface area (TPSA) is 3.24 Å². The third kappa shape index (κ3) is 4.26. The Morgan fingerprint density at radius 3 is 2.25 bits per heavy atom. The molecular weight excluding hydrogens is 214 g/mol. The van der Waals surface area contributed by atoms with Gasteiger partial charge in [-0.3, -0.25) is 4.90 Å². The number of nitrogens with zero attached hydrogens (tertiary/aromatic N) is 1. The highest BCUT2D eigenvalue weighted by Crippen LogP contribution is 2.25. The first kappa shape index (κ1) is 13.7. The van der Waals surface area contributed by atoms with Crippen molar-refractivity contribution in [2.24, 2.45) is 0 Å². The molecule has 1 heterocycles. The Balaban J connectivity index is 2.52. The third-order valence-electron chi connectivity index (χ3n) is 3.10. The van der Waals surface area contributed by atoms with E-state index in [0.29, 0.717) is 6.04 Å². The van der Waals surface area contributed by atoms with Crippen molar-refractivity contribution in [2.75, 3.05) is 13.1 Å². The summed E-state index contributed by atoms with van der Waals surface area (Å²) in [5.74, 6) is 0. The van der Waals surface area contributed by atoms with Crippen LogP contribution in [-0.4, -0.2) is 18.0 Å². The van der Waals surface area contributed by atoms with E-state index < -0.39 is 0 Å². The van der Waals surface area contributed by atoms with Crippen molar-refractivity contribution < 1.29 is 0 Å². The highest BCUT2D eigenvalue weighted by molar-refractivity contribution is 7.10. The molecule has 1 aromatic rings. The van der Waals surface area contributed by atoms with E-state index in [1.165, 1.54) is 43.6 Å². The molecule has 0 aliphatic heterocycles. The Hall–Kier alpha value is -0.340. The molecule has 0 aliphatic carbocycles. The first-order valence-corrected chi connectivity index (χ1v) is 7.45. The third-order valence-corrected chi connectivity index (χ3v) is 4.14. The minimum Gasteiger partial charge on any atom is -0.296 e. The van der Waals surface area contributed by atoms with E-state index in [4.69, 9.17) is 0 Å². The molecule has 1 aromatic heterocycles. The lowest BCUT2D eigenvalue weighted by Crippen LogP contribution is -2.28. The summed E-state index contributed by atoms with van der Waals surface area (Å²) in [5, 5.41) is 2.18. The van der Waals surface area contributed by atoms with Crippen LogP contribution in [0.15, 0.2) is 17.5 Å². The molecule has 0 N–H and O–H groups in total. The normalized spacial score (nSPS) is 13.2. The maximum absolute atomic E-state index is 2.64. The maximum Gasteiger partial charge on any atom is 0.0413 e. The standard InChI is InChI=1S/C14H25NS/c1-4-6-10-15(11-7-5-2)13(3)14-9-8-12-16-14/h8-9,12-13H,4-7,10-11H2,1-3H3. The first-order valence-electron chi connectivity index (χ1n) is 6.57. The largest absolute Gasteiger partial charge is 0.296 e. The molecule has 1 nitrogen and oxygen atoms in total. The molecule has 0 radical (unpaired) electrons. The summed E-state index contributed by atoms with van der Waals surface area (Å²) in [6, 6.07) is 5.02. The fourth-order valence-electron chi connectivity index (χ4n) is 1.93. The molecule has 0 aromatic carbocycles. The number of hydrogen-bond donors (Lipinski definition) is 0. The highest BCUT2D eigenvalue weighted by atomic mass is 32.1. The number of hydrogen-bond acceptors (Lipinski definition) is 2. The quantitative estimate of drug-likeness (QED) is 0.635. The zero-order valence-corrected chi connectivity index (χ0v) is 11.7. The molecule has 0 aliphatic rings. The fourth-order valence-corrected chi connectivity index (χ4v) is 2.75. The molecule has 2 heteroatoms. The van der Waals surface area contributed by atoms with Crippen LogP contribution in [0.3, 0.4) is 0 Å². The molecule has 0 saturated carbocycles. The van der Waals surface area contributed by atoms with Crippen LogP contribution in [-0.2, 0) is 0 Å². The smallest absolute Gasteiger partial charge is 0.0413 e. The van der Waals surface area contributed by atoms with Gasteiger partial charge in [0.1, 0.15) is 0 Å². The molecule has 1 rings (SSSR count). The van der Waals surface area contributed by atoms with Gasteiger partial charge in [0.2, 0.25) is 0 Å². The van der Waals surface area contributed by atoms with Crippen LogP contribution in [0.2, 0.25) is 0 Å². The molecular formula is C14H25NS. The van der Waals surface area contributed by atoms with Crippen molar-refractivity contribution in [1.82, 2.24) is 4.90 Å². The van der Waals surface area contributed by atoms with Crippen molar-refractivity contribution in [1.29, 1.82) is 0 Å². The average molecular weight is 239 g/mol. The molecule has 0 fully saturated rings. The van der Waals surface area contributed by atoms with Gasteiger partial charge in [-0.1, -0.05) is 32.8 Å². The Morgan fingerprint density at radius 1 is 1.19 bits per heavy atom. The van der Waals surface area contributed by atoms with Crippen LogP contribution in [0.5, 0.6) is 0 Å².